The Kier molecular flexibility index (Phi) is 3.58. The van der Waals surface area contributed by atoms with Crippen molar-refractivity contribution >= 4 is 27.1 Å². The van der Waals surface area contributed by atoms with Gasteiger partial charge in [-0.15, -0.1) is 3.89 Å². The van der Waals surface area contributed by atoms with Crippen molar-refractivity contribution in [2.24, 2.45) is 0 Å². The van der Waals surface area contributed by atoms with Crippen LogP contribution in [0, 0.1) is 0 Å². The molecule has 4 heteroatoms. The molecule has 2 aromatic carbocycles. The van der Waals surface area contributed by atoms with Gasteiger partial charge >= 0.3 is 10.2 Å². The van der Waals surface area contributed by atoms with E-state index in [1.54, 1.807) is 6.08 Å². The molecule has 2 rings (SSSR count). The maximum atomic E-state index is 12.2. The number of rotatable bonds is 3. The maximum Gasteiger partial charge on any atom is 0.325 e. The van der Waals surface area contributed by atoms with Crippen molar-refractivity contribution in [1.82, 2.24) is 0 Å². The van der Waals surface area contributed by atoms with E-state index >= 15 is 0 Å². The van der Waals surface area contributed by atoms with E-state index in [9.17, 15) is 12.3 Å². The number of allylic oxidation sites excluding steroid dienone is 2. The van der Waals surface area contributed by atoms with Crippen molar-refractivity contribution in [3.63, 3.8) is 0 Å². The highest BCUT2D eigenvalue weighted by atomic mass is 32.3. The highest BCUT2D eigenvalue weighted by molar-refractivity contribution is 7.89. The lowest BCUT2D eigenvalue weighted by molar-refractivity contribution is 0.563. The molecule has 2 aromatic rings. The SMILES string of the molecule is O=S(=O)(F)/C=C/C=C/c1ccc2ccccc2c1. The summed E-state index contributed by atoms with van der Waals surface area (Å²) in [6.07, 6.45) is 4.36. The van der Waals surface area contributed by atoms with Gasteiger partial charge in [0.2, 0.25) is 0 Å². The van der Waals surface area contributed by atoms with Crippen LogP contribution in [0.4, 0.5) is 3.89 Å². The van der Waals surface area contributed by atoms with Crippen molar-refractivity contribution in [2.75, 3.05) is 0 Å². The fourth-order valence-corrected chi connectivity index (χ4v) is 1.90. The predicted octanol–water partition coefficient (Wildman–Crippen LogP) is 3.67. The second-order valence-corrected chi connectivity index (χ2v) is 4.99. The molecule has 0 bridgehead atoms. The highest BCUT2D eigenvalue weighted by Crippen LogP contribution is 2.16. The molecule has 18 heavy (non-hydrogen) atoms. The van der Waals surface area contributed by atoms with Crippen LogP contribution >= 0.6 is 0 Å². The average molecular weight is 262 g/mol. The van der Waals surface area contributed by atoms with Gasteiger partial charge in [0.1, 0.15) is 0 Å². The van der Waals surface area contributed by atoms with Crippen LogP contribution in [0.2, 0.25) is 0 Å². The summed E-state index contributed by atoms with van der Waals surface area (Å²) in [6.45, 7) is 0. The first kappa shape index (κ1) is 12.5. The number of halogens is 1. The summed E-state index contributed by atoms with van der Waals surface area (Å²) in [5.41, 5.74) is 0.926. The largest absolute Gasteiger partial charge is 0.325 e. The lowest BCUT2D eigenvalue weighted by atomic mass is 10.1. The Hall–Kier alpha value is -1.94. The van der Waals surface area contributed by atoms with Crippen LogP contribution in [0.15, 0.2) is 60.0 Å². The molecule has 0 fully saturated rings. The third-order valence-electron chi connectivity index (χ3n) is 2.41. The van der Waals surface area contributed by atoms with Gasteiger partial charge in [0.25, 0.3) is 0 Å². The van der Waals surface area contributed by atoms with Crippen molar-refractivity contribution in [1.29, 1.82) is 0 Å². The van der Waals surface area contributed by atoms with Gasteiger partial charge in [-0.25, -0.2) is 0 Å². The Labute approximate surface area is 105 Å². The summed E-state index contributed by atoms with van der Waals surface area (Å²) in [4.78, 5) is 0. The zero-order chi connectivity index (χ0) is 13.0. The third-order valence-corrected chi connectivity index (χ3v) is 2.90. The molecule has 0 aliphatic heterocycles. The molecule has 0 saturated carbocycles. The van der Waals surface area contributed by atoms with Crippen LogP contribution in [-0.2, 0) is 10.2 Å². The molecule has 0 radical (unpaired) electrons. The van der Waals surface area contributed by atoms with Crippen molar-refractivity contribution < 1.29 is 12.3 Å². The molecular formula is C14H11FO2S. The van der Waals surface area contributed by atoms with Gasteiger partial charge < -0.3 is 0 Å². The molecule has 0 N–H and O–H groups in total. The topological polar surface area (TPSA) is 34.1 Å². The van der Waals surface area contributed by atoms with E-state index in [0.717, 1.165) is 22.4 Å². The molecule has 0 aliphatic carbocycles. The molecule has 0 aromatic heterocycles. The van der Waals surface area contributed by atoms with Crippen LogP contribution in [0.25, 0.3) is 16.8 Å². The standard InChI is InChI=1S/C14H11FO2S/c15-18(16,17)10-4-3-5-12-8-9-13-6-1-2-7-14(13)11-12/h1-11H/b5-3+,10-4+. The zero-order valence-corrected chi connectivity index (χ0v) is 10.3. The predicted molar refractivity (Wildman–Crippen MR) is 72.1 cm³/mol. The molecule has 0 saturated heterocycles. The van der Waals surface area contributed by atoms with E-state index in [0.29, 0.717) is 5.41 Å². The lowest BCUT2D eigenvalue weighted by Gasteiger charge is -1.98. The summed E-state index contributed by atoms with van der Waals surface area (Å²) < 4.78 is 32.6. The fraction of sp³-hybridized carbons (Fsp3) is 0. The molecule has 0 amide bonds. The van der Waals surface area contributed by atoms with Gasteiger partial charge in [-0.1, -0.05) is 48.6 Å². The number of hydrogen-bond acceptors (Lipinski definition) is 2. The van der Waals surface area contributed by atoms with Gasteiger partial charge in [0.05, 0.1) is 5.41 Å². The van der Waals surface area contributed by atoms with Crippen molar-refractivity contribution in [2.45, 2.75) is 0 Å². The van der Waals surface area contributed by atoms with E-state index in [-0.39, 0.29) is 0 Å². The van der Waals surface area contributed by atoms with E-state index in [4.69, 9.17) is 0 Å². The molecular weight excluding hydrogens is 251 g/mol. The summed E-state index contributed by atoms with van der Waals surface area (Å²) in [5, 5.41) is 2.75. The van der Waals surface area contributed by atoms with E-state index in [1.807, 2.05) is 42.5 Å². The first-order chi connectivity index (χ1) is 8.54. The highest BCUT2D eigenvalue weighted by Gasteiger charge is 1.96. The van der Waals surface area contributed by atoms with Crippen LogP contribution in [0.5, 0.6) is 0 Å². The Morgan fingerprint density at radius 2 is 1.67 bits per heavy atom. The molecule has 0 spiro atoms. The van der Waals surface area contributed by atoms with Gasteiger partial charge in [0, 0.05) is 0 Å². The second kappa shape index (κ2) is 5.14. The van der Waals surface area contributed by atoms with E-state index in [1.165, 1.54) is 6.08 Å². The maximum absolute atomic E-state index is 12.2. The lowest BCUT2D eigenvalue weighted by Crippen LogP contribution is -1.79. The molecule has 0 heterocycles. The average Bonchev–Trinajstić information content (AvgIpc) is 2.33. The van der Waals surface area contributed by atoms with Crippen LogP contribution in [0.3, 0.4) is 0 Å². The Bertz CT molecular complexity index is 715. The second-order valence-electron chi connectivity index (χ2n) is 3.77. The minimum Gasteiger partial charge on any atom is -0.190 e. The molecule has 0 unspecified atom stereocenters. The van der Waals surface area contributed by atoms with E-state index in [2.05, 4.69) is 0 Å². The monoisotopic (exact) mass is 262 g/mol. The minimum atomic E-state index is -4.55. The molecule has 0 aliphatic rings. The normalized spacial score (nSPS) is 12.7. The van der Waals surface area contributed by atoms with E-state index < -0.39 is 10.2 Å². The van der Waals surface area contributed by atoms with Gasteiger partial charge in [-0.05, 0) is 28.5 Å². The molecule has 92 valence electrons. The molecule has 0 atom stereocenters. The summed E-state index contributed by atoms with van der Waals surface area (Å²) >= 11 is 0. The summed E-state index contributed by atoms with van der Waals surface area (Å²) in [7, 11) is -4.55. The summed E-state index contributed by atoms with van der Waals surface area (Å²) in [6, 6.07) is 13.8. The van der Waals surface area contributed by atoms with Crippen LogP contribution < -0.4 is 0 Å². The Morgan fingerprint density at radius 3 is 2.39 bits per heavy atom. The van der Waals surface area contributed by atoms with Crippen molar-refractivity contribution in [3.8, 4) is 0 Å². The smallest absolute Gasteiger partial charge is 0.190 e. The van der Waals surface area contributed by atoms with Crippen LogP contribution in [-0.4, -0.2) is 8.42 Å². The Morgan fingerprint density at radius 1 is 0.944 bits per heavy atom. The first-order valence-electron chi connectivity index (χ1n) is 5.33. The minimum absolute atomic E-state index is 0.518. The van der Waals surface area contributed by atoms with Gasteiger partial charge in [-0.3, -0.25) is 0 Å². The van der Waals surface area contributed by atoms with Gasteiger partial charge in [-0.2, -0.15) is 8.42 Å². The fourth-order valence-electron chi connectivity index (χ4n) is 1.62. The third kappa shape index (κ3) is 3.53. The zero-order valence-electron chi connectivity index (χ0n) is 9.45. The number of benzene rings is 2. The summed E-state index contributed by atoms with van der Waals surface area (Å²) in [5.74, 6) is 0. The quantitative estimate of drug-likeness (QED) is 0.624. The van der Waals surface area contributed by atoms with Gasteiger partial charge in [0.15, 0.2) is 0 Å². The van der Waals surface area contributed by atoms with Crippen LogP contribution in [0.1, 0.15) is 5.56 Å². The first-order valence-corrected chi connectivity index (χ1v) is 6.77. The number of hydrogen-bond donors (Lipinski definition) is 0. The molecule has 2 nitrogen and oxygen atoms in total. The number of fused-ring (bicyclic) bond motifs is 1. The Balaban J connectivity index is 2.22. The van der Waals surface area contributed by atoms with Crippen molar-refractivity contribution in [3.05, 3.63) is 65.6 Å².